The molecule has 2 saturated heterocycles. The van der Waals surface area contributed by atoms with Crippen molar-refractivity contribution in [3.8, 4) is 5.75 Å². The van der Waals surface area contributed by atoms with Crippen molar-refractivity contribution < 1.29 is 13.9 Å². The summed E-state index contributed by atoms with van der Waals surface area (Å²) in [5, 5.41) is 7.32. The Balaban J connectivity index is 1.70. The maximum Gasteiger partial charge on any atom is 0.165 e. The van der Waals surface area contributed by atoms with Crippen LogP contribution in [0.5, 0.6) is 5.75 Å². The lowest BCUT2D eigenvalue weighted by molar-refractivity contribution is -0.0964. The predicted octanol–water partition coefficient (Wildman–Crippen LogP) is 2.54. The van der Waals surface area contributed by atoms with Gasteiger partial charge in [0, 0.05) is 24.2 Å². The molecule has 1 spiro atoms. The number of amidine groups is 1. The first-order valence-corrected chi connectivity index (χ1v) is 8.26. The van der Waals surface area contributed by atoms with E-state index in [1.165, 1.54) is 6.07 Å². The molecule has 3 N–H and O–H groups in total. The summed E-state index contributed by atoms with van der Waals surface area (Å²) in [6.07, 6.45) is 2.62. The lowest BCUT2D eigenvalue weighted by Crippen LogP contribution is -2.43. The molecule has 4 nitrogen and oxygen atoms in total. The number of thioether (sulfide) groups is 1. The van der Waals surface area contributed by atoms with E-state index < -0.39 is 5.82 Å². The molecule has 1 aromatic carbocycles. The monoisotopic (exact) mass is 310 g/mol. The molecule has 2 aliphatic rings. The molecule has 1 aromatic rings. The van der Waals surface area contributed by atoms with E-state index in [0.29, 0.717) is 12.2 Å². The molecular formula is C15H19FN2O2S. The van der Waals surface area contributed by atoms with Crippen LogP contribution < -0.4 is 10.5 Å². The minimum atomic E-state index is -0.468. The summed E-state index contributed by atoms with van der Waals surface area (Å²) >= 11 is 1.90. The van der Waals surface area contributed by atoms with Crippen LogP contribution in [0, 0.1) is 11.2 Å². The van der Waals surface area contributed by atoms with Crippen LogP contribution in [0.4, 0.5) is 4.39 Å². The van der Waals surface area contributed by atoms with E-state index in [2.05, 4.69) is 0 Å². The highest BCUT2D eigenvalue weighted by Gasteiger charge is 2.41. The lowest BCUT2D eigenvalue weighted by Gasteiger charge is -2.37. The van der Waals surface area contributed by atoms with Crippen LogP contribution in [0.3, 0.4) is 0 Å². The molecule has 2 aliphatic heterocycles. The van der Waals surface area contributed by atoms with Crippen molar-refractivity contribution in [1.29, 1.82) is 5.41 Å². The van der Waals surface area contributed by atoms with E-state index in [-0.39, 0.29) is 23.3 Å². The Bertz CT molecular complexity index is 546. The van der Waals surface area contributed by atoms with Gasteiger partial charge in [0.2, 0.25) is 0 Å². The SMILES string of the molecule is N=C(N)c1ccc(OC2CCOC3(CCSC3)C2)c(F)c1. The Morgan fingerprint density at radius 1 is 1.52 bits per heavy atom. The lowest BCUT2D eigenvalue weighted by atomic mass is 9.91. The van der Waals surface area contributed by atoms with Gasteiger partial charge in [-0.25, -0.2) is 4.39 Å². The summed E-state index contributed by atoms with van der Waals surface area (Å²) in [7, 11) is 0. The summed E-state index contributed by atoms with van der Waals surface area (Å²) in [6.45, 7) is 0.665. The summed E-state index contributed by atoms with van der Waals surface area (Å²) in [6, 6.07) is 4.41. The molecule has 0 amide bonds. The normalized spacial score (nSPS) is 28.7. The van der Waals surface area contributed by atoms with Crippen LogP contribution in [0.15, 0.2) is 18.2 Å². The number of benzene rings is 1. The zero-order valence-electron chi connectivity index (χ0n) is 11.7. The molecule has 2 heterocycles. The van der Waals surface area contributed by atoms with Crippen molar-refractivity contribution in [3.63, 3.8) is 0 Å². The standard InChI is InChI=1S/C15H19FN2O2S/c16-12-7-10(14(17)18)1-2-13(12)20-11-3-5-19-15(8-11)4-6-21-9-15/h1-2,7,11H,3-6,8-9H2,(H3,17,18). The second kappa shape index (κ2) is 5.85. The quantitative estimate of drug-likeness (QED) is 0.665. The van der Waals surface area contributed by atoms with E-state index in [0.717, 1.165) is 30.8 Å². The topological polar surface area (TPSA) is 68.3 Å². The number of hydrogen-bond donors (Lipinski definition) is 2. The fourth-order valence-electron chi connectivity index (χ4n) is 2.89. The molecule has 114 valence electrons. The molecule has 21 heavy (non-hydrogen) atoms. The summed E-state index contributed by atoms with van der Waals surface area (Å²) < 4.78 is 25.8. The highest BCUT2D eigenvalue weighted by molar-refractivity contribution is 7.99. The summed E-state index contributed by atoms with van der Waals surface area (Å²) in [5.41, 5.74) is 5.64. The van der Waals surface area contributed by atoms with Crippen molar-refractivity contribution in [3.05, 3.63) is 29.6 Å². The Morgan fingerprint density at radius 2 is 2.38 bits per heavy atom. The smallest absolute Gasteiger partial charge is 0.165 e. The molecule has 2 fully saturated rings. The first kappa shape index (κ1) is 14.7. The highest BCUT2D eigenvalue weighted by atomic mass is 32.2. The summed E-state index contributed by atoms with van der Waals surface area (Å²) in [4.78, 5) is 0. The van der Waals surface area contributed by atoms with E-state index in [9.17, 15) is 4.39 Å². The number of nitrogens with two attached hydrogens (primary N) is 1. The van der Waals surface area contributed by atoms with Gasteiger partial charge in [0.15, 0.2) is 11.6 Å². The van der Waals surface area contributed by atoms with Crippen molar-refractivity contribution in [2.45, 2.75) is 31.0 Å². The predicted molar refractivity (Wildman–Crippen MR) is 81.7 cm³/mol. The number of ether oxygens (including phenoxy) is 2. The number of halogens is 1. The molecule has 0 saturated carbocycles. The van der Waals surface area contributed by atoms with Crippen molar-refractivity contribution >= 4 is 17.6 Å². The van der Waals surface area contributed by atoms with Crippen molar-refractivity contribution in [2.24, 2.45) is 5.73 Å². The van der Waals surface area contributed by atoms with Crippen molar-refractivity contribution in [2.75, 3.05) is 18.1 Å². The Hall–Kier alpha value is -1.27. The van der Waals surface area contributed by atoms with Gasteiger partial charge in [-0.15, -0.1) is 0 Å². The van der Waals surface area contributed by atoms with Crippen LogP contribution in [0.2, 0.25) is 0 Å². The summed E-state index contributed by atoms with van der Waals surface area (Å²) in [5.74, 6) is 1.73. The number of rotatable bonds is 3. The van der Waals surface area contributed by atoms with Crippen LogP contribution in [0.1, 0.15) is 24.8 Å². The molecule has 0 radical (unpaired) electrons. The molecular weight excluding hydrogens is 291 g/mol. The average Bonchev–Trinajstić information content (AvgIpc) is 2.89. The van der Waals surface area contributed by atoms with Crippen LogP contribution in [-0.2, 0) is 4.74 Å². The molecule has 3 rings (SSSR count). The Kier molecular flexibility index (Phi) is 4.08. The molecule has 6 heteroatoms. The maximum absolute atomic E-state index is 14.0. The average molecular weight is 310 g/mol. The van der Waals surface area contributed by atoms with Crippen LogP contribution >= 0.6 is 11.8 Å². The molecule has 2 atom stereocenters. The Morgan fingerprint density at radius 3 is 3.05 bits per heavy atom. The van der Waals surface area contributed by atoms with Crippen LogP contribution in [0.25, 0.3) is 0 Å². The van der Waals surface area contributed by atoms with E-state index in [4.69, 9.17) is 20.6 Å². The van der Waals surface area contributed by atoms with Gasteiger partial charge in [-0.3, -0.25) is 5.41 Å². The second-order valence-corrected chi connectivity index (χ2v) is 6.73. The van der Waals surface area contributed by atoms with Gasteiger partial charge < -0.3 is 15.2 Å². The van der Waals surface area contributed by atoms with Gasteiger partial charge in [-0.2, -0.15) is 11.8 Å². The Labute approximate surface area is 127 Å². The first-order valence-electron chi connectivity index (χ1n) is 7.10. The fraction of sp³-hybridized carbons (Fsp3) is 0.533. The van der Waals surface area contributed by atoms with Crippen LogP contribution in [-0.4, -0.2) is 35.7 Å². The highest BCUT2D eigenvalue weighted by Crippen LogP contribution is 2.39. The number of nitrogens with one attached hydrogen (secondary N) is 1. The van der Waals surface area contributed by atoms with E-state index in [1.54, 1.807) is 12.1 Å². The fourth-order valence-corrected chi connectivity index (χ4v) is 4.27. The number of nitrogen functional groups attached to an aromatic ring is 1. The minimum Gasteiger partial charge on any atom is -0.487 e. The van der Waals surface area contributed by atoms with Gasteiger partial charge in [0.25, 0.3) is 0 Å². The maximum atomic E-state index is 14.0. The van der Waals surface area contributed by atoms with E-state index in [1.807, 2.05) is 11.8 Å². The first-order chi connectivity index (χ1) is 10.1. The molecule has 0 aromatic heterocycles. The van der Waals surface area contributed by atoms with Crippen molar-refractivity contribution in [1.82, 2.24) is 0 Å². The number of hydrogen-bond acceptors (Lipinski definition) is 4. The minimum absolute atomic E-state index is 0.0184. The van der Waals surface area contributed by atoms with Gasteiger partial charge in [0.1, 0.15) is 11.9 Å². The van der Waals surface area contributed by atoms with Gasteiger partial charge in [-0.05, 0) is 30.4 Å². The van der Waals surface area contributed by atoms with E-state index >= 15 is 0 Å². The third-order valence-electron chi connectivity index (χ3n) is 4.05. The molecule has 0 bridgehead atoms. The second-order valence-electron chi connectivity index (χ2n) is 5.63. The third-order valence-corrected chi connectivity index (χ3v) is 5.27. The third kappa shape index (κ3) is 3.16. The van der Waals surface area contributed by atoms with Gasteiger partial charge in [0.05, 0.1) is 12.2 Å². The largest absolute Gasteiger partial charge is 0.487 e. The van der Waals surface area contributed by atoms with Gasteiger partial charge >= 0.3 is 0 Å². The van der Waals surface area contributed by atoms with Gasteiger partial charge in [-0.1, -0.05) is 0 Å². The zero-order valence-corrected chi connectivity index (χ0v) is 12.5. The molecule has 0 aliphatic carbocycles. The zero-order chi connectivity index (χ0) is 14.9. The molecule has 2 unspecified atom stereocenters.